The zero-order valence-electron chi connectivity index (χ0n) is 12.5. The molecule has 0 saturated heterocycles. The lowest BCUT2D eigenvalue weighted by molar-refractivity contribution is -0.158. The minimum absolute atomic E-state index is 0.182. The summed E-state index contributed by atoms with van der Waals surface area (Å²) in [6.45, 7) is 2.69. The van der Waals surface area contributed by atoms with Crippen LogP contribution in [0.25, 0.3) is 0 Å². The molecule has 0 aromatic heterocycles. The largest absolute Gasteiger partial charge is 0.463 e. The van der Waals surface area contributed by atoms with Crippen LogP contribution in [0.3, 0.4) is 0 Å². The van der Waals surface area contributed by atoms with E-state index >= 15 is 0 Å². The average Bonchev–Trinajstić information content (AvgIpc) is 2.43. The molecule has 0 aromatic carbocycles. The van der Waals surface area contributed by atoms with Gasteiger partial charge in [-0.05, 0) is 26.7 Å². The molecule has 0 rings (SSSR count). The van der Waals surface area contributed by atoms with Crippen molar-refractivity contribution in [1.82, 2.24) is 0 Å². The van der Waals surface area contributed by atoms with Crippen LogP contribution in [0.5, 0.6) is 0 Å². The molecule has 0 amide bonds. The number of hydrogen-bond acceptors (Lipinski definition) is 7. The Bertz CT molecular complexity index is 362. The highest BCUT2D eigenvalue weighted by atomic mass is 16.6. The summed E-state index contributed by atoms with van der Waals surface area (Å²) in [6.07, 6.45) is 2.18. The van der Waals surface area contributed by atoms with Gasteiger partial charge in [-0.3, -0.25) is 14.4 Å². The van der Waals surface area contributed by atoms with Crippen molar-refractivity contribution in [2.75, 3.05) is 19.8 Å². The number of rotatable bonds is 11. The summed E-state index contributed by atoms with van der Waals surface area (Å²) in [5.74, 6) is -1.66. The highest BCUT2D eigenvalue weighted by Gasteiger charge is 2.08. The van der Waals surface area contributed by atoms with E-state index in [-0.39, 0.29) is 38.4 Å². The molecule has 0 spiro atoms. The van der Waals surface area contributed by atoms with Gasteiger partial charge in [-0.1, -0.05) is 6.42 Å². The summed E-state index contributed by atoms with van der Waals surface area (Å²) >= 11 is 0. The van der Waals surface area contributed by atoms with Crippen LogP contribution in [0, 0.1) is 0 Å². The number of Topliss-reactive ketones (excluding diaryl/α,β-unsaturated/α-hetero) is 1. The maximum absolute atomic E-state index is 11.3. The molecule has 0 aromatic rings. The van der Waals surface area contributed by atoms with Crippen molar-refractivity contribution in [2.24, 2.45) is 0 Å². The molecule has 0 aliphatic carbocycles. The van der Waals surface area contributed by atoms with Crippen molar-refractivity contribution in [3.05, 3.63) is 0 Å². The van der Waals surface area contributed by atoms with E-state index in [0.29, 0.717) is 19.3 Å². The van der Waals surface area contributed by atoms with E-state index in [0.717, 1.165) is 0 Å². The molecular weight excluding hydrogens is 280 g/mol. The zero-order valence-corrected chi connectivity index (χ0v) is 12.5. The molecule has 7 nitrogen and oxygen atoms in total. The molecule has 120 valence electrons. The lowest BCUT2D eigenvalue weighted by Crippen LogP contribution is -2.16. The number of ether oxygens (including phenoxy) is 3. The second-order valence-corrected chi connectivity index (χ2v) is 4.39. The Kier molecular flexibility index (Phi) is 10.8. The molecule has 0 bridgehead atoms. The van der Waals surface area contributed by atoms with Gasteiger partial charge in [-0.15, -0.1) is 0 Å². The fraction of sp³-hybridized carbons (Fsp3) is 0.714. The fourth-order valence-electron chi connectivity index (χ4n) is 1.38. The number of unbranched alkanes of at least 4 members (excludes halogenated alkanes) is 2. The molecule has 0 unspecified atom stereocenters. The van der Waals surface area contributed by atoms with Crippen LogP contribution >= 0.6 is 0 Å². The van der Waals surface area contributed by atoms with Crippen LogP contribution in [0.4, 0.5) is 0 Å². The Morgan fingerprint density at radius 3 is 1.71 bits per heavy atom. The first-order valence-corrected chi connectivity index (χ1v) is 6.92. The second kappa shape index (κ2) is 11.9. The minimum Gasteiger partial charge on any atom is -0.463 e. The van der Waals surface area contributed by atoms with E-state index in [9.17, 15) is 19.2 Å². The van der Waals surface area contributed by atoms with Gasteiger partial charge in [0.1, 0.15) is 6.61 Å². The van der Waals surface area contributed by atoms with Crippen molar-refractivity contribution < 1.29 is 33.4 Å². The van der Waals surface area contributed by atoms with E-state index in [1.165, 1.54) is 6.92 Å². The Morgan fingerprint density at radius 1 is 0.714 bits per heavy atom. The normalized spacial score (nSPS) is 9.81. The average molecular weight is 302 g/mol. The molecule has 0 aliphatic heterocycles. The van der Waals surface area contributed by atoms with Crippen LogP contribution < -0.4 is 0 Å². The van der Waals surface area contributed by atoms with Crippen LogP contribution in [0.2, 0.25) is 0 Å². The number of esters is 3. The summed E-state index contributed by atoms with van der Waals surface area (Å²) in [7, 11) is 0. The summed E-state index contributed by atoms with van der Waals surface area (Å²) in [5.41, 5.74) is 0. The molecule has 0 aliphatic rings. The summed E-state index contributed by atoms with van der Waals surface area (Å²) in [6, 6.07) is 0. The third-order valence-electron chi connectivity index (χ3n) is 2.35. The first-order valence-electron chi connectivity index (χ1n) is 6.92. The molecule has 0 radical (unpaired) electrons. The van der Waals surface area contributed by atoms with Gasteiger partial charge >= 0.3 is 17.9 Å². The standard InChI is InChI=1S/C14H22O7/c1-3-19-14(18)10-21-13(17)8-6-4-5-7-12(16)20-9-11(2)15/h3-10H2,1-2H3. The number of carbonyl (C=O) groups is 4. The lowest BCUT2D eigenvalue weighted by atomic mass is 10.1. The van der Waals surface area contributed by atoms with Gasteiger partial charge in [0, 0.05) is 12.8 Å². The molecule has 0 N–H and O–H groups in total. The van der Waals surface area contributed by atoms with Crippen LogP contribution in [0.1, 0.15) is 46.0 Å². The van der Waals surface area contributed by atoms with Gasteiger partial charge < -0.3 is 14.2 Å². The van der Waals surface area contributed by atoms with Crippen molar-refractivity contribution >= 4 is 23.7 Å². The topological polar surface area (TPSA) is 96.0 Å². The van der Waals surface area contributed by atoms with Crippen molar-refractivity contribution in [3.63, 3.8) is 0 Å². The van der Waals surface area contributed by atoms with E-state index < -0.39 is 17.9 Å². The Morgan fingerprint density at radius 2 is 1.24 bits per heavy atom. The van der Waals surface area contributed by atoms with E-state index in [1.807, 2.05) is 0 Å². The fourth-order valence-corrected chi connectivity index (χ4v) is 1.38. The predicted molar refractivity (Wildman–Crippen MR) is 72.3 cm³/mol. The third-order valence-corrected chi connectivity index (χ3v) is 2.35. The van der Waals surface area contributed by atoms with E-state index in [4.69, 9.17) is 4.74 Å². The Hall–Kier alpha value is -1.92. The number of hydrogen-bond donors (Lipinski definition) is 0. The summed E-state index contributed by atoms with van der Waals surface area (Å²) in [5, 5.41) is 0. The molecule has 0 atom stereocenters. The molecule has 0 heterocycles. The van der Waals surface area contributed by atoms with Gasteiger partial charge in [0.15, 0.2) is 12.4 Å². The van der Waals surface area contributed by atoms with Crippen molar-refractivity contribution in [1.29, 1.82) is 0 Å². The van der Waals surface area contributed by atoms with Crippen LogP contribution in [-0.4, -0.2) is 43.5 Å². The third kappa shape index (κ3) is 12.8. The SMILES string of the molecule is CCOC(=O)COC(=O)CCCCCC(=O)OCC(C)=O. The van der Waals surface area contributed by atoms with Gasteiger partial charge in [-0.25, -0.2) is 4.79 Å². The van der Waals surface area contributed by atoms with Gasteiger partial charge in [-0.2, -0.15) is 0 Å². The monoisotopic (exact) mass is 302 g/mol. The molecule has 7 heteroatoms. The first-order chi connectivity index (χ1) is 9.95. The van der Waals surface area contributed by atoms with Crippen molar-refractivity contribution in [2.45, 2.75) is 46.0 Å². The zero-order chi connectivity index (χ0) is 16.1. The van der Waals surface area contributed by atoms with Gasteiger partial charge in [0.05, 0.1) is 6.61 Å². The quantitative estimate of drug-likeness (QED) is 0.321. The van der Waals surface area contributed by atoms with Crippen molar-refractivity contribution in [3.8, 4) is 0 Å². The van der Waals surface area contributed by atoms with E-state index in [2.05, 4.69) is 9.47 Å². The highest BCUT2D eigenvalue weighted by molar-refractivity contribution is 5.80. The summed E-state index contributed by atoms with van der Waals surface area (Å²) < 4.78 is 14.0. The maximum atomic E-state index is 11.3. The van der Waals surface area contributed by atoms with Crippen LogP contribution in [-0.2, 0) is 33.4 Å². The Balaban J connectivity index is 3.49. The first kappa shape index (κ1) is 19.1. The highest BCUT2D eigenvalue weighted by Crippen LogP contribution is 2.05. The molecular formula is C14H22O7. The van der Waals surface area contributed by atoms with E-state index in [1.54, 1.807) is 6.92 Å². The lowest BCUT2D eigenvalue weighted by Gasteiger charge is -2.04. The maximum Gasteiger partial charge on any atom is 0.344 e. The van der Waals surface area contributed by atoms with Gasteiger partial charge in [0.2, 0.25) is 0 Å². The number of carbonyl (C=O) groups excluding carboxylic acids is 4. The predicted octanol–water partition coefficient (Wildman–Crippen LogP) is 1.18. The smallest absolute Gasteiger partial charge is 0.344 e. The van der Waals surface area contributed by atoms with Gasteiger partial charge in [0.25, 0.3) is 0 Å². The molecule has 21 heavy (non-hydrogen) atoms. The summed E-state index contributed by atoms with van der Waals surface area (Å²) in [4.78, 5) is 44.0. The second-order valence-electron chi connectivity index (χ2n) is 4.39. The molecule has 0 saturated carbocycles. The minimum atomic E-state index is -0.570. The number of ketones is 1. The molecule has 0 fully saturated rings. The van der Waals surface area contributed by atoms with Crippen LogP contribution in [0.15, 0.2) is 0 Å². The Labute approximate surface area is 123 Å².